The minimum absolute atomic E-state index is 0.602. The van der Waals surface area contributed by atoms with Gasteiger partial charge >= 0.3 is 0 Å². The molecule has 5 nitrogen and oxygen atoms in total. The highest BCUT2D eigenvalue weighted by atomic mass is 16.3. The van der Waals surface area contributed by atoms with Gasteiger partial charge in [-0.1, -0.05) is 152 Å². The van der Waals surface area contributed by atoms with E-state index in [-0.39, 0.29) is 0 Å². The maximum absolute atomic E-state index is 6.88. The molecule has 3 heterocycles. The lowest BCUT2D eigenvalue weighted by Gasteiger charge is -2.25. The van der Waals surface area contributed by atoms with E-state index in [1.54, 1.807) is 0 Å². The third-order valence-electron chi connectivity index (χ3n) is 11.8. The molecule has 5 heteroatoms. The number of aromatic nitrogens is 3. The Morgan fingerprint density at radius 2 is 0.902 bits per heavy atom. The van der Waals surface area contributed by atoms with Crippen LogP contribution in [0.1, 0.15) is 0 Å². The first-order valence-electron chi connectivity index (χ1n) is 20.6. The zero-order valence-corrected chi connectivity index (χ0v) is 33.0. The fourth-order valence-corrected chi connectivity index (χ4v) is 9.07. The van der Waals surface area contributed by atoms with E-state index in [1.807, 2.05) is 12.1 Å². The van der Waals surface area contributed by atoms with Crippen LogP contribution in [0.25, 0.3) is 94.1 Å². The SMILES string of the molecule is c1ccc(-c2cc(-c3ccccc3)nc(-n3c4cc(-c5ccccc5)c5ccccc5c4c4c5c(ccc43)oc3cc(N(c4ccccc4)c4ccccc4)ccc35)n2)cc1. The smallest absolute Gasteiger partial charge is 0.235 e. The standard InChI is InChI=1S/C56H36N4O/c1-6-18-37(19-7-1)46-35-50-53(44-29-17-16-28-43(44)46)55-49(60(50)56-57-47(38-20-8-2-9-21-38)36-48(58-56)39-22-10-3-11-23-39)32-33-51-54(55)45-31-30-42(34-52(45)61-51)59(40-24-12-4-13-25-40)41-26-14-5-15-27-41/h1-36H. The van der Waals surface area contributed by atoms with Crippen molar-refractivity contribution >= 4 is 71.6 Å². The maximum Gasteiger partial charge on any atom is 0.235 e. The van der Waals surface area contributed by atoms with Crippen LogP contribution in [0.2, 0.25) is 0 Å². The van der Waals surface area contributed by atoms with Crippen molar-refractivity contribution in [2.75, 3.05) is 4.90 Å². The third kappa shape index (κ3) is 5.78. The molecule has 0 saturated carbocycles. The Labute approximate surface area is 352 Å². The molecule has 0 aliphatic rings. The van der Waals surface area contributed by atoms with Gasteiger partial charge in [-0.25, -0.2) is 9.97 Å². The highest BCUT2D eigenvalue weighted by Crippen LogP contribution is 2.47. The fourth-order valence-electron chi connectivity index (χ4n) is 9.07. The number of benzene rings is 9. The van der Waals surface area contributed by atoms with Gasteiger partial charge in [-0.3, -0.25) is 4.57 Å². The van der Waals surface area contributed by atoms with Crippen LogP contribution in [0.3, 0.4) is 0 Å². The Balaban J connectivity index is 1.19. The van der Waals surface area contributed by atoms with Crippen molar-refractivity contribution in [3.05, 3.63) is 218 Å². The van der Waals surface area contributed by atoms with Crippen LogP contribution in [-0.4, -0.2) is 14.5 Å². The normalized spacial score (nSPS) is 11.6. The lowest BCUT2D eigenvalue weighted by Crippen LogP contribution is -2.09. The highest BCUT2D eigenvalue weighted by Gasteiger charge is 2.25. The fraction of sp³-hybridized carbons (Fsp3) is 0. The Morgan fingerprint density at radius 1 is 0.361 bits per heavy atom. The summed E-state index contributed by atoms with van der Waals surface area (Å²) in [6.45, 7) is 0. The van der Waals surface area contributed by atoms with Gasteiger partial charge in [-0.2, -0.15) is 0 Å². The summed E-state index contributed by atoms with van der Waals surface area (Å²) < 4.78 is 9.14. The van der Waals surface area contributed by atoms with E-state index in [4.69, 9.17) is 14.4 Å². The van der Waals surface area contributed by atoms with Gasteiger partial charge in [-0.15, -0.1) is 0 Å². The summed E-state index contributed by atoms with van der Waals surface area (Å²) in [5, 5.41) is 6.68. The summed E-state index contributed by atoms with van der Waals surface area (Å²) in [4.78, 5) is 13.1. The van der Waals surface area contributed by atoms with E-state index in [2.05, 4.69) is 216 Å². The summed E-state index contributed by atoms with van der Waals surface area (Å²) in [7, 11) is 0. The van der Waals surface area contributed by atoms with E-state index >= 15 is 0 Å². The second kappa shape index (κ2) is 14.2. The molecule has 0 atom stereocenters. The molecule has 0 bridgehead atoms. The van der Waals surface area contributed by atoms with Crippen molar-refractivity contribution in [1.82, 2.24) is 14.5 Å². The molecule has 12 aromatic rings. The molecule has 0 amide bonds. The summed E-state index contributed by atoms with van der Waals surface area (Å²) in [6.07, 6.45) is 0. The van der Waals surface area contributed by atoms with E-state index in [9.17, 15) is 0 Å². The first-order chi connectivity index (χ1) is 30.3. The minimum Gasteiger partial charge on any atom is -0.456 e. The molecule has 0 unspecified atom stereocenters. The average Bonchev–Trinajstić information content (AvgIpc) is 3.88. The Bertz CT molecular complexity index is 3470. The molecule has 12 rings (SSSR count). The number of hydrogen-bond acceptors (Lipinski definition) is 4. The molecular weight excluding hydrogens is 745 g/mol. The van der Waals surface area contributed by atoms with Crippen molar-refractivity contribution in [3.63, 3.8) is 0 Å². The summed E-state index contributed by atoms with van der Waals surface area (Å²) in [6, 6.07) is 76.5. The van der Waals surface area contributed by atoms with Crippen molar-refractivity contribution in [3.8, 4) is 39.6 Å². The predicted octanol–water partition coefficient (Wildman–Crippen LogP) is 15.1. The second-order valence-corrected chi connectivity index (χ2v) is 15.4. The van der Waals surface area contributed by atoms with Gasteiger partial charge in [-0.05, 0) is 82.6 Å². The third-order valence-corrected chi connectivity index (χ3v) is 11.8. The molecule has 286 valence electrons. The zero-order chi connectivity index (χ0) is 40.3. The van der Waals surface area contributed by atoms with Crippen molar-refractivity contribution < 1.29 is 4.42 Å². The van der Waals surface area contributed by atoms with E-state index in [0.717, 1.165) is 99.8 Å². The maximum atomic E-state index is 6.88. The van der Waals surface area contributed by atoms with Crippen LogP contribution in [-0.2, 0) is 0 Å². The van der Waals surface area contributed by atoms with Gasteiger partial charge < -0.3 is 9.32 Å². The summed E-state index contributed by atoms with van der Waals surface area (Å²) in [5.74, 6) is 0.602. The quantitative estimate of drug-likeness (QED) is 0.162. The molecule has 9 aromatic carbocycles. The predicted molar refractivity (Wildman–Crippen MR) is 252 cm³/mol. The number of fused-ring (bicyclic) bond motifs is 9. The first kappa shape index (κ1) is 34.7. The van der Waals surface area contributed by atoms with Crippen LogP contribution in [0.4, 0.5) is 17.1 Å². The number of nitrogens with zero attached hydrogens (tertiary/aromatic N) is 4. The van der Waals surface area contributed by atoms with Crippen LogP contribution in [0, 0.1) is 0 Å². The number of para-hydroxylation sites is 2. The van der Waals surface area contributed by atoms with Gasteiger partial charge in [0.1, 0.15) is 11.2 Å². The highest BCUT2D eigenvalue weighted by molar-refractivity contribution is 6.33. The number of furan rings is 1. The molecule has 3 aromatic heterocycles. The van der Waals surface area contributed by atoms with E-state index in [1.165, 1.54) is 5.39 Å². The largest absolute Gasteiger partial charge is 0.456 e. The van der Waals surface area contributed by atoms with Crippen molar-refractivity contribution in [1.29, 1.82) is 0 Å². The molecule has 0 aliphatic carbocycles. The Morgan fingerprint density at radius 3 is 1.51 bits per heavy atom. The van der Waals surface area contributed by atoms with Crippen LogP contribution >= 0.6 is 0 Å². The van der Waals surface area contributed by atoms with Gasteiger partial charge in [0, 0.05) is 55.8 Å². The molecule has 0 spiro atoms. The molecule has 0 aliphatic heterocycles. The molecule has 0 saturated heterocycles. The number of hydrogen-bond donors (Lipinski definition) is 0. The second-order valence-electron chi connectivity index (χ2n) is 15.4. The summed E-state index contributed by atoms with van der Waals surface area (Å²) in [5.41, 5.74) is 12.9. The topological polar surface area (TPSA) is 47.1 Å². The number of rotatable bonds is 7. The number of anilines is 3. The first-order valence-corrected chi connectivity index (χ1v) is 20.6. The van der Waals surface area contributed by atoms with Gasteiger partial charge in [0.25, 0.3) is 0 Å². The minimum atomic E-state index is 0.602. The zero-order valence-electron chi connectivity index (χ0n) is 33.0. The Hall–Kier alpha value is -8.28. The van der Waals surface area contributed by atoms with Crippen LogP contribution in [0.5, 0.6) is 0 Å². The van der Waals surface area contributed by atoms with Crippen molar-refractivity contribution in [2.45, 2.75) is 0 Å². The van der Waals surface area contributed by atoms with Gasteiger partial charge in [0.2, 0.25) is 5.95 Å². The average molecular weight is 781 g/mol. The molecule has 0 radical (unpaired) electrons. The van der Waals surface area contributed by atoms with Gasteiger partial charge in [0.05, 0.1) is 22.4 Å². The van der Waals surface area contributed by atoms with E-state index in [0.29, 0.717) is 5.95 Å². The van der Waals surface area contributed by atoms with Crippen LogP contribution in [0.15, 0.2) is 223 Å². The van der Waals surface area contributed by atoms with Crippen LogP contribution < -0.4 is 4.90 Å². The van der Waals surface area contributed by atoms with E-state index < -0.39 is 0 Å². The monoisotopic (exact) mass is 780 g/mol. The molecule has 0 fully saturated rings. The lowest BCUT2D eigenvalue weighted by atomic mass is 9.94. The van der Waals surface area contributed by atoms with Gasteiger partial charge in [0.15, 0.2) is 0 Å². The summed E-state index contributed by atoms with van der Waals surface area (Å²) >= 11 is 0. The molecule has 61 heavy (non-hydrogen) atoms. The Kier molecular flexibility index (Phi) is 8.10. The molecule has 0 N–H and O–H groups in total. The molecular formula is C56H36N4O. The van der Waals surface area contributed by atoms with Crippen molar-refractivity contribution in [2.24, 2.45) is 0 Å². The lowest BCUT2D eigenvalue weighted by molar-refractivity contribution is 0.669.